The van der Waals surface area contributed by atoms with Crippen LogP contribution >= 0.6 is 0 Å². The first-order valence-electron chi connectivity index (χ1n) is 12.4. The molecule has 0 aromatic carbocycles. The van der Waals surface area contributed by atoms with E-state index in [4.69, 9.17) is 9.47 Å². The number of nitrogens with zero attached hydrogens (tertiary/aromatic N) is 1. The predicted octanol–water partition coefficient (Wildman–Crippen LogP) is 7.28. The molecule has 0 spiro atoms. The Morgan fingerprint density at radius 3 is 1.90 bits per heavy atom. The number of hydrogen-bond acceptors (Lipinski definition) is 5. The highest BCUT2D eigenvalue weighted by Crippen LogP contribution is 2.12. The summed E-state index contributed by atoms with van der Waals surface area (Å²) in [6.07, 6.45) is 16.2. The first-order chi connectivity index (χ1) is 15.1. The monoisotopic (exact) mass is 433 g/mol. The van der Waals surface area contributed by atoms with Gasteiger partial charge in [-0.1, -0.05) is 90.5 Å². The minimum absolute atomic E-state index is 0.151. The zero-order chi connectivity index (χ0) is 22.7. The molecule has 1 atom stereocenters. The maximum atomic E-state index is 12.3. The second-order valence-electron chi connectivity index (χ2n) is 8.44. The maximum Gasteiger partial charge on any atom is 0.357 e. The smallest absolute Gasteiger partial charge is 0.357 e. The number of rotatable bonds is 18. The molecule has 0 aliphatic rings. The summed E-state index contributed by atoms with van der Waals surface area (Å²) in [6.45, 7) is 6.69. The molecule has 1 aromatic rings. The lowest BCUT2D eigenvalue weighted by Gasteiger charge is -2.13. The van der Waals surface area contributed by atoms with Crippen LogP contribution < -0.4 is 0 Å². The number of aromatic nitrogens is 1. The third-order valence-corrected chi connectivity index (χ3v) is 5.42. The van der Waals surface area contributed by atoms with Crippen molar-refractivity contribution in [2.75, 3.05) is 6.61 Å². The SMILES string of the molecule is CCCCCCCCCCCOC(=O)c1cccc(C(=O)OC(C)CCCCCC)n1. The third kappa shape index (κ3) is 13.2. The Morgan fingerprint density at radius 1 is 0.774 bits per heavy atom. The molecule has 1 aromatic heterocycles. The number of carbonyl (C=O) groups excluding carboxylic acids is 2. The van der Waals surface area contributed by atoms with E-state index in [9.17, 15) is 9.59 Å². The molecule has 176 valence electrons. The summed E-state index contributed by atoms with van der Waals surface area (Å²) in [4.78, 5) is 28.7. The van der Waals surface area contributed by atoms with E-state index in [1.165, 1.54) is 57.8 Å². The molecule has 5 nitrogen and oxygen atoms in total. The van der Waals surface area contributed by atoms with E-state index in [1.807, 2.05) is 6.92 Å². The molecule has 0 saturated heterocycles. The average Bonchev–Trinajstić information content (AvgIpc) is 2.78. The van der Waals surface area contributed by atoms with Crippen molar-refractivity contribution >= 4 is 11.9 Å². The van der Waals surface area contributed by atoms with Gasteiger partial charge in [-0.05, 0) is 38.3 Å². The van der Waals surface area contributed by atoms with Gasteiger partial charge in [0.2, 0.25) is 0 Å². The summed E-state index contributed by atoms with van der Waals surface area (Å²) in [6, 6.07) is 4.79. The van der Waals surface area contributed by atoms with Gasteiger partial charge in [-0.3, -0.25) is 0 Å². The van der Waals surface area contributed by atoms with Crippen LogP contribution in [-0.2, 0) is 9.47 Å². The summed E-state index contributed by atoms with van der Waals surface area (Å²) < 4.78 is 10.8. The molecule has 0 amide bonds. The lowest BCUT2D eigenvalue weighted by molar-refractivity contribution is 0.0312. The van der Waals surface area contributed by atoms with E-state index in [1.54, 1.807) is 18.2 Å². The highest BCUT2D eigenvalue weighted by Gasteiger charge is 2.16. The van der Waals surface area contributed by atoms with Crippen molar-refractivity contribution in [3.05, 3.63) is 29.6 Å². The minimum atomic E-state index is -0.489. The van der Waals surface area contributed by atoms with Crippen LogP contribution in [0.5, 0.6) is 0 Å². The Balaban J connectivity index is 2.27. The van der Waals surface area contributed by atoms with Gasteiger partial charge in [-0.2, -0.15) is 0 Å². The quantitative estimate of drug-likeness (QED) is 0.180. The van der Waals surface area contributed by atoms with Crippen molar-refractivity contribution in [1.82, 2.24) is 4.98 Å². The van der Waals surface area contributed by atoms with Gasteiger partial charge in [0.05, 0.1) is 12.7 Å². The van der Waals surface area contributed by atoms with Crippen LogP contribution in [0.3, 0.4) is 0 Å². The molecule has 0 radical (unpaired) electrons. The molecule has 1 unspecified atom stereocenters. The first-order valence-corrected chi connectivity index (χ1v) is 12.4. The Kier molecular flexibility index (Phi) is 15.5. The molecule has 0 N–H and O–H groups in total. The predicted molar refractivity (Wildman–Crippen MR) is 125 cm³/mol. The summed E-state index contributed by atoms with van der Waals surface area (Å²) in [7, 11) is 0. The highest BCUT2D eigenvalue weighted by atomic mass is 16.5. The van der Waals surface area contributed by atoms with E-state index in [0.717, 1.165) is 32.1 Å². The van der Waals surface area contributed by atoms with Crippen molar-refractivity contribution in [1.29, 1.82) is 0 Å². The summed E-state index contributed by atoms with van der Waals surface area (Å²) >= 11 is 0. The average molecular weight is 434 g/mol. The summed E-state index contributed by atoms with van der Waals surface area (Å²) in [5.41, 5.74) is 0.305. The topological polar surface area (TPSA) is 65.5 Å². The Hall–Kier alpha value is -1.91. The van der Waals surface area contributed by atoms with Crippen molar-refractivity contribution in [2.45, 2.75) is 117 Å². The van der Waals surface area contributed by atoms with Gasteiger partial charge < -0.3 is 9.47 Å². The van der Waals surface area contributed by atoms with Crippen molar-refractivity contribution in [3.8, 4) is 0 Å². The summed E-state index contributed by atoms with van der Waals surface area (Å²) in [5.74, 6) is -0.974. The highest BCUT2D eigenvalue weighted by molar-refractivity contribution is 5.91. The zero-order valence-electron chi connectivity index (χ0n) is 20.0. The number of pyridine rings is 1. The van der Waals surface area contributed by atoms with Crippen LogP contribution in [0, 0.1) is 0 Å². The van der Waals surface area contributed by atoms with E-state index in [-0.39, 0.29) is 17.5 Å². The van der Waals surface area contributed by atoms with Crippen molar-refractivity contribution < 1.29 is 19.1 Å². The Bertz CT molecular complexity index is 617. The normalized spacial score (nSPS) is 11.8. The van der Waals surface area contributed by atoms with Crippen molar-refractivity contribution in [2.24, 2.45) is 0 Å². The minimum Gasteiger partial charge on any atom is -0.461 e. The van der Waals surface area contributed by atoms with Crippen LogP contribution in [0.15, 0.2) is 18.2 Å². The second kappa shape index (κ2) is 17.7. The molecular weight excluding hydrogens is 390 g/mol. The van der Waals surface area contributed by atoms with Gasteiger partial charge >= 0.3 is 11.9 Å². The van der Waals surface area contributed by atoms with Gasteiger partial charge in [0, 0.05) is 0 Å². The lowest BCUT2D eigenvalue weighted by atomic mass is 10.1. The molecule has 0 saturated carbocycles. The van der Waals surface area contributed by atoms with E-state index in [0.29, 0.717) is 6.61 Å². The largest absolute Gasteiger partial charge is 0.461 e. The van der Waals surface area contributed by atoms with Gasteiger partial charge in [-0.15, -0.1) is 0 Å². The molecule has 0 bridgehead atoms. The molecular formula is C26H43NO4. The van der Waals surface area contributed by atoms with Crippen molar-refractivity contribution in [3.63, 3.8) is 0 Å². The van der Waals surface area contributed by atoms with Crippen LogP contribution in [0.2, 0.25) is 0 Å². The zero-order valence-corrected chi connectivity index (χ0v) is 20.0. The molecule has 0 aliphatic carbocycles. The van der Waals surface area contributed by atoms with Gasteiger partial charge in [-0.25, -0.2) is 14.6 Å². The second-order valence-corrected chi connectivity index (χ2v) is 8.44. The number of unbranched alkanes of at least 4 members (excludes halogenated alkanes) is 11. The molecule has 5 heteroatoms. The van der Waals surface area contributed by atoms with Crippen LogP contribution in [-0.4, -0.2) is 29.6 Å². The number of ether oxygens (including phenoxy) is 2. The Morgan fingerprint density at radius 2 is 1.29 bits per heavy atom. The van der Waals surface area contributed by atoms with Crippen LogP contribution in [0.25, 0.3) is 0 Å². The van der Waals surface area contributed by atoms with Crippen LogP contribution in [0.4, 0.5) is 0 Å². The number of carbonyl (C=O) groups is 2. The first kappa shape index (κ1) is 27.1. The molecule has 0 aliphatic heterocycles. The fraction of sp³-hybridized carbons (Fsp3) is 0.731. The van der Waals surface area contributed by atoms with E-state index in [2.05, 4.69) is 18.8 Å². The number of esters is 2. The van der Waals surface area contributed by atoms with E-state index < -0.39 is 11.9 Å². The standard InChI is InChI=1S/C26H43NO4/c1-4-6-8-10-11-12-13-14-16-21-30-25(28)23-19-17-20-24(27-23)26(29)31-22(3)18-15-9-7-5-2/h17,19-20,22H,4-16,18,21H2,1-3H3. The molecule has 31 heavy (non-hydrogen) atoms. The number of hydrogen-bond donors (Lipinski definition) is 0. The Labute approximate surface area is 189 Å². The maximum absolute atomic E-state index is 12.3. The fourth-order valence-electron chi connectivity index (χ4n) is 3.47. The van der Waals surface area contributed by atoms with Gasteiger partial charge in [0.1, 0.15) is 11.4 Å². The van der Waals surface area contributed by atoms with E-state index >= 15 is 0 Å². The summed E-state index contributed by atoms with van der Waals surface area (Å²) in [5, 5.41) is 0. The fourth-order valence-corrected chi connectivity index (χ4v) is 3.47. The molecule has 1 heterocycles. The van der Waals surface area contributed by atoms with Crippen LogP contribution in [0.1, 0.15) is 132 Å². The van der Waals surface area contributed by atoms with Gasteiger partial charge in [0.15, 0.2) is 0 Å². The molecule has 1 rings (SSSR count). The third-order valence-electron chi connectivity index (χ3n) is 5.42. The molecule has 0 fully saturated rings. The van der Waals surface area contributed by atoms with Gasteiger partial charge in [0.25, 0.3) is 0 Å². The lowest BCUT2D eigenvalue weighted by Crippen LogP contribution is -2.17.